The number of amides is 1. The van der Waals surface area contributed by atoms with Crippen LogP contribution >= 0.6 is 0 Å². The van der Waals surface area contributed by atoms with Crippen LogP contribution in [0.15, 0.2) is 30.5 Å². The molecule has 2 rings (SSSR count). The van der Waals surface area contributed by atoms with E-state index >= 15 is 0 Å². The molecule has 4 heteroatoms. The Bertz CT molecular complexity index is 606. The predicted octanol–water partition coefficient (Wildman–Crippen LogP) is 3.01. The van der Waals surface area contributed by atoms with E-state index in [0.717, 1.165) is 24.8 Å². The van der Waals surface area contributed by atoms with Gasteiger partial charge in [0.2, 0.25) is 5.91 Å². The number of aromatic amines is 1. The van der Waals surface area contributed by atoms with Crippen LogP contribution in [-0.4, -0.2) is 28.6 Å². The molecule has 0 saturated heterocycles. The van der Waals surface area contributed by atoms with E-state index in [4.69, 9.17) is 0 Å². The van der Waals surface area contributed by atoms with E-state index in [1.54, 1.807) is 0 Å². The van der Waals surface area contributed by atoms with Crippen molar-refractivity contribution in [1.82, 2.24) is 10.3 Å². The first-order valence-electron chi connectivity index (χ1n) is 8.11. The number of rotatable bonds is 8. The van der Waals surface area contributed by atoms with Crippen molar-refractivity contribution in [3.63, 3.8) is 0 Å². The van der Waals surface area contributed by atoms with Crippen LogP contribution in [0.1, 0.15) is 38.7 Å². The Morgan fingerprint density at radius 2 is 2.14 bits per heavy atom. The van der Waals surface area contributed by atoms with Gasteiger partial charge in [-0.3, -0.25) is 4.79 Å². The number of H-pyrrole nitrogens is 1. The van der Waals surface area contributed by atoms with Crippen molar-refractivity contribution >= 4 is 16.8 Å². The summed E-state index contributed by atoms with van der Waals surface area (Å²) in [7, 11) is 0. The molecule has 3 N–H and O–H groups in total. The highest BCUT2D eigenvalue weighted by molar-refractivity contribution is 5.83. The number of fused-ring (bicyclic) bond motifs is 1. The minimum absolute atomic E-state index is 0.00317. The molecule has 2 atom stereocenters. The second-order valence-electron chi connectivity index (χ2n) is 5.96. The summed E-state index contributed by atoms with van der Waals surface area (Å²) in [5, 5.41) is 13.5. The standard InChI is InChI=1S/C18H26N2O2/c1-3-13(2)17(12-21)20-18(22)10-6-7-14-11-19-16-9-5-4-8-15(14)16/h4-5,8-9,11,13,17,19,21H,3,6-7,10,12H2,1-2H3,(H,20,22)/t13-,17-/m1/s1. The number of hydrogen-bond donors (Lipinski definition) is 3. The molecule has 2 aromatic rings. The molecule has 0 fully saturated rings. The van der Waals surface area contributed by atoms with Crippen molar-refractivity contribution in [2.75, 3.05) is 6.61 Å². The van der Waals surface area contributed by atoms with Crippen LogP contribution in [0.25, 0.3) is 10.9 Å². The van der Waals surface area contributed by atoms with Crippen LogP contribution < -0.4 is 5.32 Å². The lowest BCUT2D eigenvalue weighted by Crippen LogP contribution is -2.41. The molecule has 0 saturated carbocycles. The molecule has 0 bridgehead atoms. The second kappa shape index (κ2) is 7.99. The summed E-state index contributed by atoms with van der Waals surface area (Å²) >= 11 is 0. The molecule has 4 nitrogen and oxygen atoms in total. The number of carbonyl (C=O) groups excluding carboxylic acids is 1. The van der Waals surface area contributed by atoms with Crippen LogP contribution in [-0.2, 0) is 11.2 Å². The molecular weight excluding hydrogens is 276 g/mol. The van der Waals surface area contributed by atoms with Crippen LogP contribution in [0.2, 0.25) is 0 Å². The molecular formula is C18H26N2O2. The largest absolute Gasteiger partial charge is 0.394 e. The molecule has 120 valence electrons. The summed E-state index contributed by atoms with van der Waals surface area (Å²) in [5.41, 5.74) is 2.39. The molecule has 0 aliphatic rings. The quantitative estimate of drug-likeness (QED) is 0.702. The lowest BCUT2D eigenvalue weighted by atomic mass is 9.99. The van der Waals surface area contributed by atoms with E-state index in [0.29, 0.717) is 12.3 Å². The molecule has 1 aromatic carbocycles. The lowest BCUT2D eigenvalue weighted by Gasteiger charge is -2.22. The number of aromatic nitrogens is 1. The summed E-state index contributed by atoms with van der Waals surface area (Å²) < 4.78 is 0. The van der Waals surface area contributed by atoms with Gasteiger partial charge in [-0.15, -0.1) is 0 Å². The number of benzene rings is 1. The van der Waals surface area contributed by atoms with Crippen LogP contribution in [0, 0.1) is 5.92 Å². The third-order valence-electron chi connectivity index (χ3n) is 4.40. The van der Waals surface area contributed by atoms with E-state index in [9.17, 15) is 9.90 Å². The highest BCUT2D eigenvalue weighted by atomic mass is 16.3. The Kier molecular flexibility index (Phi) is 6.01. The first-order valence-corrected chi connectivity index (χ1v) is 8.11. The number of hydrogen-bond acceptors (Lipinski definition) is 2. The Labute approximate surface area is 131 Å². The first-order chi connectivity index (χ1) is 10.7. The number of aliphatic hydroxyl groups is 1. The fourth-order valence-corrected chi connectivity index (χ4v) is 2.71. The summed E-state index contributed by atoms with van der Waals surface area (Å²) in [6.45, 7) is 4.12. The van der Waals surface area contributed by atoms with E-state index in [1.807, 2.05) is 25.3 Å². The maximum atomic E-state index is 12.0. The van der Waals surface area contributed by atoms with Crippen LogP contribution in [0.4, 0.5) is 0 Å². The molecule has 0 spiro atoms. The smallest absolute Gasteiger partial charge is 0.220 e. The summed E-state index contributed by atoms with van der Waals surface area (Å²) in [6.07, 6.45) is 5.16. The van der Waals surface area contributed by atoms with Crippen molar-refractivity contribution in [2.24, 2.45) is 5.92 Å². The summed E-state index contributed by atoms with van der Waals surface area (Å²) in [5.74, 6) is 0.321. The third kappa shape index (κ3) is 4.10. The Morgan fingerprint density at radius 3 is 2.86 bits per heavy atom. The van der Waals surface area contributed by atoms with Gasteiger partial charge in [0.1, 0.15) is 0 Å². The monoisotopic (exact) mass is 302 g/mol. The van der Waals surface area contributed by atoms with E-state index < -0.39 is 0 Å². The highest BCUT2D eigenvalue weighted by Crippen LogP contribution is 2.19. The average Bonchev–Trinajstić information content (AvgIpc) is 2.95. The summed E-state index contributed by atoms with van der Waals surface area (Å²) in [4.78, 5) is 15.3. The molecule has 0 aliphatic heterocycles. The van der Waals surface area contributed by atoms with Crippen LogP contribution in [0.5, 0.6) is 0 Å². The summed E-state index contributed by atoms with van der Waals surface area (Å²) in [6, 6.07) is 8.07. The minimum Gasteiger partial charge on any atom is -0.394 e. The maximum Gasteiger partial charge on any atom is 0.220 e. The van der Waals surface area contributed by atoms with Crippen molar-refractivity contribution in [1.29, 1.82) is 0 Å². The average molecular weight is 302 g/mol. The Hall–Kier alpha value is -1.81. The SMILES string of the molecule is CC[C@@H](C)[C@@H](CO)NC(=O)CCCc1c[nH]c2ccccc12. The minimum atomic E-state index is -0.134. The zero-order chi connectivity index (χ0) is 15.9. The molecule has 22 heavy (non-hydrogen) atoms. The topological polar surface area (TPSA) is 65.1 Å². The van der Waals surface area contributed by atoms with Crippen molar-refractivity contribution < 1.29 is 9.90 Å². The highest BCUT2D eigenvalue weighted by Gasteiger charge is 2.17. The normalized spacial score (nSPS) is 14.0. The van der Waals surface area contributed by atoms with Gasteiger partial charge in [0.15, 0.2) is 0 Å². The zero-order valence-electron chi connectivity index (χ0n) is 13.4. The van der Waals surface area contributed by atoms with E-state index in [-0.39, 0.29) is 18.6 Å². The second-order valence-corrected chi connectivity index (χ2v) is 5.96. The van der Waals surface area contributed by atoms with Crippen LogP contribution in [0.3, 0.4) is 0 Å². The third-order valence-corrected chi connectivity index (χ3v) is 4.40. The fraction of sp³-hybridized carbons (Fsp3) is 0.500. The number of nitrogens with one attached hydrogen (secondary N) is 2. The van der Waals surface area contributed by atoms with Gasteiger partial charge in [-0.25, -0.2) is 0 Å². The van der Waals surface area contributed by atoms with Gasteiger partial charge >= 0.3 is 0 Å². The van der Waals surface area contributed by atoms with Gasteiger partial charge in [0.25, 0.3) is 0 Å². The van der Waals surface area contributed by atoms with Crippen molar-refractivity contribution in [2.45, 2.75) is 45.6 Å². The van der Waals surface area contributed by atoms with Gasteiger partial charge in [-0.05, 0) is 30.4 Å². The molecule has 1 heterocycles. The van der Waals surface area contributed by atoms with Gasteiger partial charge in [-0.2, -0.15) is 0 Å². The van der Waals surface area contributed by atoms with Gasteiger partial charge in [0.05, 0.1) is 12.6 Å². The number of para-hydroxylation sites is 1. The number of carbonyl (C=O) groups is 1. The zero-order valence-corrected chi connectivity index (χ0v) is 13.4. The molecule has 1 amide bonds. The van der Waals surface area contributed by atoms with Gasteiger partial charge < -0.3 is 15.4 Å². The van der Waals surface area contributed by atoms with Crippen molar-refractivity contribution in [3.05, 3.63) is 36.0 Å². The van der Waals surface area contributed by atoms with Gasteiger partial charge in [0, 0.05) is 23.5 Å². The molecule has 0 unspecified atom stereocenters. The van der Waals surface area contributed by atoms with Gasteiger partial charge in [-0.1, -0.05) is 38.5 Å². The first kappa shape index (κ1) is 16.6. The van der Waals surface area contributed by atoms with Crippen molar-refractivity contribution in [3.8, 4) is 0 Å². The molecule has 0 radical (unpaired) electrons. The number of aryl methyl sites for hydroxylation is 1. The Balaban J connectivity index is 1.82. The van der Waals surface area contributed by atoms with E-state index in [1.165, 1.54) is 10.9 Å². The predicted molar refractivity (Wildman–Crippen MR) is 89.7 cm³/mol. The fourth-order valence-electron chi connectivity index (χ4n) is 2.71. The Morgan fingerprint density at radius 1 is 1.36 bits per heavy atom. The number of aliphatic hydroxyl groups excluding tert-OH is 1. The molecule has 1 aromatic heterocycles. The lowest BCUT2D eigenvalue weighted by molar-refractivity contribution is -0.122. The maximum absolute atomic E-state index is 12.0. The van der Waals surface area contributed by atoms with E-state index in [2.05, 4.69) is 29.4 Å². The molecule has 0 aliphatic carbocycles.